The fraction of sp³-hybridized carbons (Fsp3) is 0.176. The molecule has 0 radical (unpaired) electrons. The van der Waals surface area contributed by atoms with Gasteiger partial charge in [-0.15, -0.1) is 0 Å². The molecule has 5 heteroatoms. The number of benzene rings is 2. The van der Waals surface area contributed by atoms with Gasteiger partial charge in [0.05, 0.1) is 14.2 Å². The van der Waals surface area contributed by atoms with E-state index in [2.05, 4.69) is 0 Å². The summed E-state index contributed by atoms with van der Waals surface area (Å²) in [4.78, 5) is 24.0. The molecule has 0 aliphatic carbocycles. The lowest BCUT2D eigenvalue weighted by Gasteiger charge is -2.11. The zero-order valence-electron chi connectivity index (χ0n) is 12.4. The Bertz CT molecular complexity index is 664. The van der Waals surface area contributed by atoms with E-state index in [0.29, 0.717) is 11.3 Å². The SMILES string of the molecule is COc1cccc(C(=O)OCC(=O)c2ccccc2)c1OC. The smallest absolute Gasteiger partial charge is 0.342 e. The second-order valence-electron chi connectivity index (χ2n) is 4.41. The van der Waals surface area contributed by atoms with E-state index >= 15 is 0 Å². The highest BCUT2D eigenvalue weighted by Gasteiger charge is 2.18. The number of carbonyl (C=O) groups excluding carboxylic acids is 2. The molecule has 22 heavy (non-hydrogen) atoms. The summed E-state index contributed by atoms with van der Waals surface area (Å²) in [7, 11) is 2.91. The van der Waals surface area contributed by atoms with E-state index in [1.54, 1.807) is 42.5 Å². The van der Waals surface area contributed by atoms with Crippen LogP contribution in [0, 0.1) is 0 Å². The molecule has 0 aliphatic rings. The van der Waals surface area contributed by atoms with Crippen LogP contribution in [0.1, 0.15) is 20.7 Å². The second-order valence-corrected chi connectivity index (χ2v) is 4.41. The predicted octanol–water partition coefficient (Wildman–Crippen LogP) is 2.74. The average Bonchev–Trinajstić information content (AvgIpc) is 2.59. The second kappa shape index (κ2) is 7.26. The van der Waals surface area contributed by atoms with E-state index in [1.165, 1.54) is 14.2 Å². The summed E-state index contributed by atoms with van der Waals surface area (Å²) in [5, 5.41) is 0. The summed E-state index contributed by atoms with van der Waals surface area (Å²) in [6.45, 7) is -0.330. The number of carbonyl (C=O) groups is 2. The van der Waals surface area contributed by atoms with E-state index < -0.39 is 5.97 Å². The van der Waals surface area contributed by atoms with Crippen molar-refractivity contribution in [3.63, 3.8) is 0 Å². The fourth-order valence-corrected chi connectivity index (χ4v) is 1.96. The van der Waals surface area contributed by atoms with Gasteiger partial charge in [-0.3, -0.25) is 4.79 Å². The standard InChI is InChI=1S/C17H16O5/c1-20-15-10-6-9-13(16(15)21-2)17(19)22-11-14(18)12-7-4-3-5-8-12/h3-10H,11H2,1-2H3. The van der Waals surface area contributed by atoms with Gasteiger partial charge in [-0.2, -0.15) is 0 Å². The molecule has 2 aromatic carbocycles. The summed E-state index contributed by atoms with van der Waals surface area (Å²) >= 11 is 0. The number of rotatable bonds is 6. The molecule has 0 aliphatic heterocycles. The van der Waals surface area contributed by atoms with Crippen molar-refractivity contribution < 1.29 is 23.8 Å². The number of ether oxygens (including phenoxy) is 3. The molecule has 0 amide bonds. The van der Waals surface area contributed by atoms with E-state index in [9.17, 15) is 9.59 Å². The number of ketones is 1. The first-order valence-electron chi connectivity index (χ1n) is 6.63. The molecule has 114 valence electrons. The van der Waals surface area contributed by atoms with Crippen molar-refractivity contribution in [3.8, 4) is 11.5 Å². The number of esters is 1. The molecule has 0 fully saturated rings. The molecule has 0 spiro atoms. The van der Waals surface area contributed by atoms with Gasteiger partial charge in [0.25, 0.3) is 0 Å². The Morgan fingerprint density at radius 1 is 0.909 bits per heavy atom. The monoisotopic (exact) mass is 300 g/mol. The maximum Gasteiger partial charge on any atom is 0.342 e. The van der Waals surface area contributed by atoms with Crippen molar-refractivity contribution in [3.05, 3.63) is 59.7 Å². The maximum absolute atomic E-state index is 12.1. The van der Waals surface area contributed by atoms with Crippen molar-refractivity contribution in [2.45, 2.75) is 0 Å². The zero-order valence-corrected chi connectivity index (χ0v) is 12.4. The van der Waals surface area contributed by atoms with Crippen LogP contribution in [-0.2, 0) is 4.74 Å². The van der Waals surface area contributed by atoms with Crippen LogP contribution >= 0.6 is 0 Å². The molecular weight excluding hydrogens is 284 g/mol. The van der Waals surface area contributed by atoms with Crippen molar-refractivity contribution >= 4 is 11.8 Å². The van der Waals surface area contributed by atoms with Gasteiger partial charge < -0.3 is 14.2 Å². The van der Waals surface area contributed by atoms with Crippen molar-refractivity contribution in [2.24, 2.45) is 0 Å². The van der Waals surface area contributed by atoms with E-state index in [1.807, 2.05) is 6.07 Å². The lowest BCUT2D eigenvalue weighted by atomic mass is 10.1. The van der Waals surface area contributed by atoms with Crippen molar-refractivity contribution in [1.29, 1.82) is 0 Å². The zero-order chi connectivity index (χ0) is 15.9. The maximum atomic E-state index is 12.1. The Morgan fingerprint density at radius 3 is 2.27 bits per heavy atom. The van der Waals surface area contributed by atoms with Crippen LogP contribution < -0.4 is 9.47 Å². The van der Waals surface area contributed by atoms with Crippen LogP contribution in [0.15, 0.2) is 48.5 Å². The summed E-state index contributed by atoms with van der Waals surface area (Å²) in [5.74, 6) is -0.204. The molecule has 0 N–H and O–H groups in total. The highest BCUT2D eigenvalue weighted by molar-refractivity contribution is 6.00. The lowest BCUT2D eigenvalue weighted by molar-refractivity contribution is 0.0471. The van der Waals surface area contributed by atoms with Crippen LogP contribution in [0.5, 0.6) is 11.5 Å². The quantitative estimate of drug-likeness (QED) is 0.606. The predicted molar refractivity (Wildman–Crippen MR) is 80.6 cm³/mol. The Morgan fingerprint density at radius 2 is 1.64 bits per heavy atom. The first kappa shape index (κ1) is 15.6. The molecule has 0 saturated heterocycles. The average molecular weight is 300 g/mol. The normalized spacial score (nSPS) is 9.91. The number of methoxy groups -OCH3 is 2. The highest BCUT2D eigenvalue weighted by atomic mass is 16.5. The van der Waals surface area contributed by atoms with Gasteiger partial charge in [0.2, 0.25) is 0 Å². The topological polar surface area (TPSA) is 61.8 Å². The summed E-state index contributed by atoms with van der Waals surface area (Å²) in [5.41, 5.74) is 0.704. The van der Waals surface area contributed by atoms with Gasteiger partial charge >= 0.3 is 5.97 Å². The van der Waals surface area contributed by atoms with E-state index in [4.69, 9.17) is 14.2 Å². The summed E-state index contributed by atoms with van der Waals surface area (Å²) < 4.78 is 15.4. The lowest BCUT2D eigenvalue weighted by Crippen LogP contribution is -2.15. The Labute approximate surface area is 128 Å². The van der Waals surface area contributed by atoms with Gasteiger partial charge in [-0.1, -0.05) is 36.4 Å². The van der Waals surface area contributed by atoms with Gasteiger partial charge in [0.15, 0.2) is 23.9 Å². The molecule has 0 aromatic heterocycles. The highest BCUT2D eigenvalue weighted by Crippen LogP contribution is 2.31. The minimum absolute atomic E-state index is 0.211. The summed E-state index contributed by atoms with van der Waals surface area (Å²) in [6.07, 6.45) is 0. The van der Waals surface area contributed by atoms with Gasteiger partial charge in [-0.25, -0.2) is 4.79 Å². The number of Topliss-reactive ketones (excluding diaryl/α,β-unsaturated/α-hetero) is 1. The van der Waals surface area contributed by atoms with Crippen LogP contribution in [-0.4, -0.2) is 32.6 Å². The number of para-hydroxylation sites is 1. The van der Waals surface area contributed by atoms with Crippen molar-refractivity contribution in [2.75, 3.05) is 20.8 Å². The molecule has 0 unspecified atom stereocenters. The van der Waals surface area contributed by atoms with Crippen LogP contribution in [0.3, 0.4) is 0 Å². The Hall–Kier alpha value is -2.82. The Kier molecular flexibility index (Phi) is 5.14. The summed E-state index contributed by atoms with van der Waals surface area (Å²) in [6, 6.07) is 13.5. The van der Waals surface area contributed by atoms with Gasteiger partial charge in [-0.05, 0) is 12.1 Å². The van der Waals surface area contributed by atoms with Crippen LogP contribution in [0.4, 0.5) is 0 Å². The van der Waals surface area contributed by atoms with E-state index in [-0.39, 0.29) is 23.7 Å². The molecule has 2 rings (SSSR count). The van der Waals surface area contributed by atoms with Crippen molar-refractivity contribution in [1.82, 2.24) is 0 Å². The van der Waals surface area contributed by atoms with Gasteiger partial charge in [0, 0.05) is 5.56 Å². The third kappa shape index (κ3) is 3.44. The number of hydrogen-bond donors (Lipinski definition) is 0. The molecule has 0 saturated carbocycles. The minimum atomic E-state index is -0.639. The number of hydrogen-bond acceptors (Lipinski definition) is 5. The van der Waals surface area contributed by atoms with Crippen LogP contribution in [0.2, 0.25) is 0 Å². The largest absolute Gasteiger partial charge is 0.493 e. The molecule has 2 aromatic rings. The van der Waals surface area contributed by atoms with Gasteiger partial charge in [0.1, 0.15) is 5.56 Å². The third-order valence-corrected chi connectivity index (χ3v) is 3.05. The first-order valence-corrected chi connectivity index (χ1v) is 6.63. The fourth-order valence-electron chi connectivity index (χ4n) is 1.96. The minimum Gasteiger partial charge on any atom is -0.493 e. The molecule has 0 atom stereocenters. The molecule has 0 heterocycles. The third-order valence-electron chi connectivity index (χ3n) is 3.05. The van der Waals surface area contributed by atoms with Crippen LogP contribution in [0.25, 0.3) is 0 Å². The first-order chi connectivity index (χ1) is 10.7. The molecule has 0 bridgehead atoms. The van der Waals surface area contributed by atoms with E-state index in [0.717, 1.165) is 0 Å². The molecular formula is C17H16O5. The Balaban J connectivity index is 2.09. The molecule has 5 nitrogen and oxygen atoms in total.